The SMILES string of the molecule is CO[Si](CCCN[C@@H](CC(N)=O)C(=O)O)(OC)OC. The number of aliphatic carboxylic acids is 1. The fraction of sp³-hybridized carbons (Fsp3) is 0.800. The molecule has 0 heterocycles. The Kier molecular flexibility index (Phi) is 8.51. The van der Waals surface area contributed by atoms with E-state index in [0.29, 0.717) is 19.0 Å². The van der Waals surface area contributed by atoms with Crippen molar-refractivity contribution in [2.75, 3.05) is 27.9 Å². The van der Waals surface area contributed by atoms with Crippen LogP contribution in [0.25, 0.3) is 0 Å². The first-order chi connectivity index (χ1) is 8.90. The van der Waals surface area contributed by atoms with Crippen LogP contribution in [0.5, 0.6) is 0 Å². The summed E-state index contributed by atoms with van der Waals surface area (Å²) in [7, 11) is 1.91. The molecule has 9 heteroatoms. The molecule has 0 aromatic rings. The molecule has 0 unspecified atom stereocenters. The summed E-state index contributed by atoms with van der Waals surface area (Å²) in [6.07, 6.45) is 0.362. The number of carboxylic acids is 1. The van der Waals surface area contributed by atoms with E-state index in [9.17, 15) is 9.59 Å². The summed E-state index contributed by atoms with van der Waals surface area (Å²) in [4.78, 5) is 21.6. The van der Waals surface area contributed by atoms with E-state index in [2.05, 4.69) is 5.32 Å². The maximum atomic E-state index is 10.9. The minimum Gasteiger partial charge on any atom is -0.480 e. The number of carboxylic acid groups (broad SMARTS) is 1. The van der Waals surface area contributed by atoms with E-state index < -0.39 is 26.7 Å². The van der Waals surface area contributed by atoms with Gasteiger partial charge in [0.15, 0.2) is 0 Å². The Morgan fingerprint density at radius 1 is 1.26 bits per heavy atom. The molecule has 0 aliphatic heterocycles. The van der Waals surface area contributed by atoms with E-state index in [0.717, 1.165) is 0 Å². The van der Waals surface area contributed by atoms with Crippen LogP contribution in [0.15, 0.2) is 0 Å². The maximum absolute atomic E-state index is 10.9. The number of hydrogen-bond acceptors (Lipinski definition) is 6. The summed E-state index contributed by atoms with van der Waals surface area (Å²) in [5, 5.41) is 11.6. The van der Waals surface area contributed by atoms with Crippen LogP contribution in [0.3, 0.4) is 0 Å². The number of nitrogens with two attached hydrogens (primary N) is 1. The molecule has 0 bridgehead atoms. The Balaban J connectivity index is 4.12. The highest BCUT2D eigenvalue weighted by atomic mass is 28.4. The van der Waals surface area contributed by atoms with Crippen molar-refractivity contribution in [2.45, 2.75) is 24.9 Å². The van der Waals surface area contributed by atoms with Gasteiger partial charge in [0.25, 0.3) is 0 Å². The number of carbonyl (C=O) groups excluding carboxylic acids is 1. The lowest BCUT2D eigenvalue weighted by Crippen LogP contribution is -2.44. The van der Waals surface area contributed by atoms with Crippen LogP contribution in [-0.2, 0) is 22.9 Å². The predicted molar refractivity (Wildman–Crippen MR) is 69.4 cm³/mol. The van der Waals surface area contributed by atoms with Crippen molar-refractivity contribution in [3.8, 4) is 0 Å². The summed E-state index contributed by atoms with van der Waals surface area (Å²) < 4.78 is 15.7. The molecule has 0 saturated heterocycles. The molecule has 0 rings (SSSR count). The Labute approximate surface area is 113 Å². The minimum atomic E-state index is -2.63. The summed E-state index contributed by atoms with van der Waals surface area (Å²) in [5.41, 5.74) is 4.97. The molecule has 0 aliphatic carbocycles. The highest BCUT2D eigenvalue weighted by molar-refractivity contribution is 6.60. The van der Waals surface area contributed by atoms with Crippen molar-refractivity contribution in [2.24, 2.45) is 5.73 Å². The predicted octanol–water partition coefficient (Wildman–Crippen LogP) is -0.827. The number of primary amides is 1. The van der Waals surface area contributed by atoms with Gasteiger partial charge in [-0.2, -0.15) is 0 Å². The van der Waals surface area contributed by atoms with Crippen molar-refractivity contribution >= 4 is 20.7 Å². The monoisotopic (exact) mass is 294 g/mol. The van der Waals surface area contributed by atoms with E-state index in [1.54, 1.807) is 0 Å². The first-order valence-corrected chi connectivity index (χ1v) is 7.74. The summed E-state index contributed by atoms with van der Waals surface area (Å²) >= 11 is 0. The van der Waals surface area contributed by atoms with Crippen LogP contribution in [0.2, 0.25) is 6.04 Å². The molecule has 1 amide bonds. The third-order valence-electron chi connectivity index (χ3n) is 2.69. The molecule has 19 heavy (non-hydrogen) atoms. The Morgan fingerprint density at radius 2 is 1.79 bits per heavy atom. The van der Waals surface area contributed by atoms with Crippen LogP contribution in [-0.4, -0.2) is 59.7 Å². The van der Waals surface area contributed by atoms with E-state index in [-0.39, 0.29) is 6.42 Å². The number of nitrogens with one attached hydrogen (secondary N) is 1. The van der Waals surface area contributed by atoms with Crippen molar-refractivity contribution < 1.29 is 28.0 Å². The van der Waals surface area contributed by atoms with Gasteiger partial charge >= 0.3 is 14.8 Å². The molecule has 0 spiro atoms. The summed E-state index contributed by atoms with van der Waals surface area (Å²) in [6.45, 7) is 0.398. The largest absolute Gasteiger partial charge is 0.500 e. The van der Waals surface area contributed by atoms with Crippen molar-refractivity contribution in [1.82, 2.24) is 5.32 Å². The lowest BCUT2D eigenvalue weighted by Gasteiger charge is -2.24. The second-order valence-corrected chi connectivity index (χ2v) is 7.01. The molecule has 0 fully saturated rings. The zero-order chi connectivity index (χ0) is 14.9. The zero-order valence-electron chi connectivity index (χ0n) is 11.5. The maximum Gasteiger partial charge on any atom is 0.500 e. The lowest BCUT2D eigenvalue weighted by molar-refractivity contribution is -0.141. The molecule has 0 aromatic heterocycles. The van der Waals surface area contributed by atoms with Crippen molar-refractivity contribution in [1.29, 1.82) is 0 Å². The molecular weight excluding hydrogens is 272 g/mol. The Bertz CT molecular complexity index is 289. The average Bonchev–Trinajstić information content (AvgIpc) is 2.37. The van der Waals surface area contributed by atoms with Gasteiger partial charge in [-0.1, -0.05) is 0 Å². The van der Waals surface area contributed by atoms with Crippen LogP contribution in [0.4, 0.5) is 0 Å². The van der Waals surface area contributed by atoms with Gasteiger partial charge in [-0.05, 0) is 13.0 Å². The second-order valence-electron chi connectivity index (χ2n) is 3.91. The third kappa shape index (κ3) is 6.64. The molecule has 4 N–H and O–H groups in total. The topological polar surface area (TPSA) is 120 Å². The molecule has 0 saturated carbocycles. The van der Waals surface area contributed by atoms with Crippen LogP contribution in [0, 0.1) is 0 Å². The number of amides is 1. The van der Waals surface area contributed by atoms with Crippen LogP contribution in [0.1, 0.15) is 12.8 Å². The molecule has 0 aromatic carbocycles. The van der Waals surface area contributed by atoms with Gasteiger partial charge in [0, 0.05) is 27.4 Å². The zero-order valence-corrected chi connectivity index (χ0v) is 12.5. The van der Waals surface area contributed by atoms with Gasteiger partial charge in [-0.3, -0.25) is 9.59 Å². The van der Waals surface area contributed by atoms with E-state index in [1.165, 1.54) is 21.3 Å². The highest BCUT2D eigenvalue weighted by Crippen LogP contribution is 2.14. The minimum absolute atomic E-state index is 0.239. The fourth-order valence-electron chi connectivity index (χ4n) is 1.59. The van der Waals surface area contributed by atoms with Gasteiger partial charge in [0.05, 0.1) is 6.42 Å². The smallest absolute Gasteiger partial charge is 0.480 e. The molecule has 0 radical (unpaired) electrons. The molecule has 0 aliphatic rings. The summed E-state index contributed by atoms with van der Waals surface area (Å²) in [6, 6.07) is -0.423. The first kappa shape index (κ1) is 18.0. The van der Waals surface area contributed by atoms with Crippen LogP contribution < -0.4 is 11.1 Å². The quantitative estimate of drug-likeness (QED) is 0.336. The standard InChI is InChI=1S/C10H22N2O6Si/c1-16-19(17-2,18-3)6-4-5-12-8(10(14)15)7-9(11)13/h8,12H,4-7H2,1-3H3,(H2,11,13)(H,14,15)/t8-/m0/s1. The van der Waals surface area contributed by atoms with Gasteiger partial charge < -0.3 is 29.4 Å². The van der Waals surface area contributed by atoms with Gasteiger partial charge in [0.1, 0.15) is 6.04 Å². The number of rotatable bonds is 11. The molecular formula is C10H22N2O6Si. The third-order valence-corrected chi connectivity index (χ3v) is 5.52. The average molecular weight is 294 g/mol. The molecule has 8 nitrogen and oxygen atoms in total. The van der Waals surface area contributed by atoms with E-state index >= 15 is 0 Å². The molecule has 1 atom stereocenters. The van der Waals surface area contributed by atoms with Crippen LogP contribution >= 0.6 is 0 Å². The van der Waals surface area contributed by atoms with Crippen molar-refractivity contribution in [3.63, 3.8) is 0 Å². The van der Waals surface area contributed by atoms with Gasteiger partial charge in [-0.25, -0.2) is 0 Å². The van der Waals surface area contributed by atoms with E-state index in [1.807, 2.05) is 0 Å². The van der Waals surface area contributed by atoms with Gasteiger partial charge in [-0.15, -0.1) is 0 Å². The van der Waals surface area contributed by atoms with Crippen molar-refractivity contribution in [3.05, 3.63) is 0 Å². The molecule has 112 valence electrons. The number of hydrogen-bond donors (Lipinski definition) is 3. The van der Waals surface area contributed by atoms with Gasteiger partial charge in [0.2, 0.25) is 5.91 Å². The van der Waals surface area contributed by atoms with E-state index in [4.69, 9.17) is 24.1 Å². The summed E-state index contributed by atoms with van der Waals surface area (Å²) in [5.74, 6) is -1.76. The lowest BCUT2D eigenvalue weighted by atomic mass is 10.2. The first-order valence-electron chi connectivity index (χ1n) is 5.80. The highest BCUT2D eigenvalue weighted by Gasteiger charge is 2.36. The Morgan fingerprint density at radius 3 is 2.16 bits per heavy atom. The number of carbonyl (C=O) groups is 2. The fourth-order valence-corrected chi connectivity index (χ4v) is 3.31. The Hall–Kier alpha value is -1.00. The normalized spacial score (nSPS) is 13.2. The second kappa shape index (κ2) is 8.99.